The Morgan fingerprint density at radius 1 is 1.05 bits per heavy atom. The van der Waals surface area contributed by atoms with E-state index in [-0.39, 0.29) is 6.10 Å². The van der Waals surface area contributed by atoms with Crippen molar-refractivity contribution in [3.05, 3.63) is 29.8 Å². The third kappa shape index (κ3) is 6.08. The number of hydrogen-bond donors (Lipinski definition) is 1. The van der Waals surface area contributed by atoms with Gasteiger partial charge < -0.3 is 15.2 Å². The van der Waals surface area contributed by atoms with Crippen LogP contribution < -0.4 is 10.5 Å². The molecular weight excluding hydrogens is 238 g/mol. The first kappa shape index (κ1) is 16.0. The highest BCUT2D eigenvalue weighted by atomic mass is 16.5. The molecule has 1 aromatic carbocycles. The van der Waals surface area contributed by atoms with Gasteiger partial charge in [0.05, 0.1) is 13.2 Å². The lowest BCUT2D eigenvalue weighted by Crippen LogP contribution is -2.16. The summed E-state index contributed by atoms with van der Waals surface area (Å²) in [6.07, 6.45) is 6.25. The van der Waals surface area contributed by atoms with Gasteiger partial charge >= 0.3 is 0 Å². The average molecular weight is 265 g/mol. The lowest BCUT2D eigenvalue weighted by Gasteiger charge is -2.16. The maximum absolute atomic E-state index is 5.87. The summed E-state index contributed by atoms with van der Waals surface area (Å²) in [5.74, 6) is 0.860. The zero-order valence-corrected chi connectivity index (χ0v) is 12.2. The topological polar surface area (TPSA) is 44.5 Å². The predicted octanol–water partition coefficient (Wildman–Crippen LogP) is 3.68. The molecular formula is C16H27NO2. The second-order valence-electron chi connectivity index (χ2n) is 4.78. The maximum atomic E-state index is 5.87. The standard InChI is InChI=1S/C16H27NO2/c1-3-4-5-6-7-12-19-16(13-17)14-8-10-15(18-2)11-9-14/h8-11,16H,3-7,12-13,17H2,1-2H3. The largest absolute Gasteiger partial charge is 0.497 e. The van der Waals surface area contributed by atoms with E-state index < -0.39 is 0 Å². The lowest BCUT2D eigenvalue weighted by molar-refractivity contribution is 0.0557. The molecule has 108 valence electrons. The number of methoxy groups -OCH3 is 1. The first-order chi connectivity index (χ1) is 9.31. The summed E-state index contributed by atoms with van der Waals surface area (Å²) >= 11 is 0. The van der Waals surface area contributed by atoms with Crippen LogP contribution >= 0.6 is 0 Å². The summed E-state index contributed by atoms with van der Waals surface area (Å²) in [6, 6.07) is 7.94. The predicted molar refractivity (Wildman–Crippen MR) is 79.5 cm³/mol. The molecule has 3 nitrogen and oxygen atoms in total. The Kier molecular flexibility index (Phi) is 8.26. The fraction of sp³-hybridized carbons (Fsp3) is 0.625. The minimum absolute atomic E-state index is 0.00270. The van der Waals surface area contributed by atoms with Crippen LogP contribution in [0.5, 0.6) is 5.75 Å². The fourth-order valence-electron chi connectivity index (χ4n) is 2.05. The van der Waals surface area contributed by atoms with Crippen molar-refractivity contribution in [1.29, 1.82) is 0 Å². The Balaban J connectivity index is 2.31. The van der Waals surface area contributed by atoms with Gasteiger partial charge in [-0.2, -0.15) is 0 Å². The first-order valence-corrected chi connectivity index (χ1v) is 7.27. The number of unbranched alkanes of at least 4 members (excludes halogenated alkanes) is 4. The van der Waals surface area contributed by atoms with Crippen LogP contribution in [0.2, 0.25) is 0 Å². The van der Waals surface area contributed by atoms with Crippen LogP contribution in [0.15, 0.2) is 24.3 Å². The normalized spacial score (nSPS) is 12.4. The minimum atomic E-state index is -0.00270. The Morgan fingerprint density at radius 2 is 1.74 bits per heavy atom. The van der Waals surface area contributed by atoms with E-state index in [9.17, 15) is 0 Å². The van der Waals surface area contributed by atoms with Crippen molar-refractivity contribution in [3.8, 4) is 5.75 Å². The van der Waals surface area contributed by atoms with Gasteiger partial charge in [0, 0.05) is 13.2 Å². The molecule has 0 fully saturated rings. The molecule has 1 atom stereocenters. The molecule has 2 N–H and O–H groups in total. The van der Waals surface area contributed by atoms with Crippen molar-refractivity contribution in [2.75, 3.05) is 20.3 Å². The Morgan fingerprint density at radius 3 is 2.32 bits per heavy atom. The molecule has 19 heavy (non-hydrogen) atoms. The molecule has 1 aromatic rings. The van der Waals surface area contributed by atoms with Gasteiger partial charge in [0.1, 0.15) is 5.75 Å². The van der Waals surface area contributed by atoms with Crippen molar-refractivity contribution < 1.29 is 9.47 Å². The quantitative estimate of drug-likeness (QED) is 0.656. The van der Waals surface area contributed by atoms with Crippen LogP contribution in [0.4, 0.5) is 0 Å². The van der Waals surface area contributed by atoms with Gasteiger partial charge in [0.2, 0.25) is 0 Å². The van der Waals surface area contributed by atoms with E-state index in [0.717, 1.165) is 24.3 Å². The maximum Gasteiger partial charge on any atom is 0.118 e. The molecule has 0 saturated carbocycles. The smallest absolute Gasteiger partial charge is 0.118 e. The Bertz CT molecular complexity index is 324. The van der Waals surface area contributed by atoms with Crippen LogP contribution in [0.3, 0.4) is 0 Å². The van der Waals surface area contributed by atoms with Gasteiger partial charge in [-0.25, -0.2) is 0 Å². The molecule has 0 bridgehead atoms. The van der Waals surface area contributed by atoms with Gasteiger partial charge in [-0.05, 0) is 24.1 Å². The number of ether oxygens (including phenoxy) is 2. The summed E-state index contributed by atoms with van der Waals surface area (Å²) < 4.78 is 11.0. The first-order valence-electron chi connectivity index (χ1n) is 7.27. The number of benzene rings is 1. The molecule has 0 aliphatic rings. The molecule has 1 unspecified atom stereocenters. The minimum Gasteiger partial charge on any atom is -0.497 e. The second-order valence-corrected chi connectivity index (χ2v) is 4.78. The van der Waals surface area contributed by atoms with E-state index in [2.05, 4.69) is 6.92 Å². The Labute approximate surface area is 117 Å². The van der Waals surface area contributed by atoms with E-state index in [1.54, 1.807) is 7.11 Å². The second kappa shape index (κ2) is 9.82. The highest BCUT2D eigenvalue weighted by Crippen LogP contribution is 2.20. The highest BCUT2D eigenvalue weighted by Gasteiger charge is 2.09. The summed E-state index contributed by atoms with van der Waals surface area (Å²) in [6.45, 7) is 3.53. The summed E-state index contributed by atoms with van der Waals surface area (Å²) in [7, 11) is 1.67. The molecule has 0 aromatic heterocycles. The van der Waals surface area contributed by atoms with Crippen molar-refractivity contribution in [1.82, 2.24) is 0 Å². The fourth-order valence-corrected chi connectivity index (χ4v) is 2.05. The monoisotopic (exact) mass is 265 g/mol. The zero-order chi connectivity index (χ0) is 13.9. The van der Waals surface area contributed by atoms with Gasteiger partial charge in [-0.3, -0.25) is 0 Å². The number of hydrogen-bond acceptors (Lipinski definition) is 3. The lowest BCUT2D eigenvalue weighted by atomic mass is 10.1. The van der Waals surface area contributed by atoms with Gasteiger partial charge in [-0.1, -0.05) is 44.7 Å². The molecule has 0 spiro atoms. The van der Waals surface area contributed by atoms with Crippen LogP contribution in [-0.4, -0.2) is 20.3 Å². The number of nitrogens with two attached hydrogens (primary N) is 1. The molecule has 0 heterocycles. The molecule has 0 saturated heterocycles. The van der Waals surface area contributed by atoms with Crippen molar-refractivity contribution in [2.24, 2.45) is 5.73 Å². The molecule has 1 rings (SSSR count). The van der Waals surface area contributed by atoms with Gasteiger partial charge in [0.15, 0.2) is 0 Å². The SMILES string of the molecule is CCCCCCCOC(CN)c1ccc(OC)cc1. The third-order valence-electron chi connectivity index (χ3n) is 3.27. The van der Waals surface area contributed by atoms with Crippen LogP contribution in [0, 0.1) is 0 Å². The number of rotatable bonds is 10. The molecule has 0 aliphatic heterocycles. The van der Waals surface area contributed by atoms with Crippen molar-refractivity contribution in [2.45, 2.75) is 45.1 Å². The zero-order valence-electron chi connectivity index (χ0n) is 12.2. The van der Waals surface area contributed by atoms with E-state index in [0.29, 0.717) is 6.54 Å². The highest BCUT2D eigenvalue weighted by molar-refractivity contribution is 5.28. The van der Waals surface area contributed by atoms with E-state index >= 15 is 0 Å². The molecule has 0 aliphatic carbocycles. The average Bonchev–Trinajstić information content (AvgIpc) is 2.47. The van der Waals surface area contributed by atoms with E-state index in [1.165, 1.54) is 25.7 Å². The van der Waals surface area contributed by atoms with E-state index in [4.69, 9.17) is 15.2 Å². The van der Waals surface area contributed by atoms with Crippen LogP contribution in [-0.2, 0) is 4.74 Å². The Hall–Kier alpha value is -1.06. The van der Waals surface area contributed by atoms with Gasteiger partial charge in [-0.15, -0.1) is 0 Å². The van der Waals surface area contributed by atoms with Gasteiger partial charge in [0.25, 0.3) is 0 Å². The van der Waals surface area contributed by atoms with E-state index in [1.807, 2.05) is 24.3 Å². The molecule has 0 radical (unpaired) electrons. The van der Waals surface area contributed by atoms with Crippen molar-refractivity contribution in [3.63, 3.8) is 0 Å². The summed E-state index contributed by atoms with van der Waals surface area (Å²) in [4.78, 5) is 0. The summed E-state index contributed by atoms with van der Waals surface area (Å²) in [5.41, 5.74) is 6.90. The third-order valence-corrected chi connectivity index (χ3v) is 3.27. The molecule has 3 heteroatoms. The van der Waals surface area contributed by atoms with Crippen LogP contribution in [0.25, 0.3) is 0 Å². The van der Waals surface area contributed by atoms with Crippen LogP contribution in [0.1, 0.15) is 50.7 Å². The summed E-state index contributed by atoms with van der Waals surface area (Å²) in [5, 5.41) is 0. The molecule has 0 amide bonds. The van der Waals surface area contributed by atoms with Crippen molar-refractivity contribution >= 4 is 0 Å².